The molecule has 0 radical (unpaired) electrons. The van der Waals surface area contributed by atoms with Gasteiger partial charge in [0.25, 0.3) is 0 Å². The molecule has 23 heavy (non-hydrogen) atoms. The molecule has 0 aliphatic heterocycles. The number of nitrogens with one attached hydrogen (secondary N) is 1. The predicted molar refractivity (Wildman–Crippen MR) is 87.2 cm³/mol. The Morgan fingerprint density at radius 3 is 2.65 bits per heavy atom. The minimum Gasteiger partial charge on any atom is -0.494 e. The van der Waals surface area contributed by atoms with Crippen molar-refractivity contribution in [2.45, 2.75) is 19.5 Å². The summed E-state index contributed by atoms with van der Waals surface area (Å²) in [5, 5.41) is 12.2. The molecule has 0 saturated heterocycles. The van der Waals surface area contributed by atoms with Gasteiger partial charge in [-0.25, -0.2) is 4.39 Å². The number of hydrogen-bond acceptors (Lipinski definition) is 4. The van der Waals surface area contributed by atoms with E-state index in [-0.39, 0.29) is 30.8 Å². The molecule has 2 aromatic rings. The molecule has 1 unspecified atom stereocenters. The molecule has 0 aromatic heterocycles. The number of hydrogen-bond donors (Lipinski definition) is 2. The van der Waals surface area contributed by atoms with Crippen LogP contribution in [-0.2, 0) is 6.54 Å². The molecule has 2 aromatic carbocycles. The summed E-state index contributed by atoms with van der Waals surface area (Å²) in [7, 11) is 1.45. The second kappa shape index (κ2) is 8.50. The third kappa shape index (κ3) is 4.68. The lowest BCUT2D eigenvalue weighted by molar-refractivity contribution is 0.200. The Bertz CT molecular complexity index is 633. The lowest BCUT2D eigenvalue weighted by Crippen LogP contribution is -2.19. The van der Waals surface area contributed by atoms with Crippen LogP contribution in [0.2, 0.25) is 0 Å². The van der Waals surface area contributed by atoms with Gasteiger partial charge in [0, 0.05) is 18.2 Å². The molecule has 124 valence electrons. The number of benzene rings is 2. The summed E-state index contributed by atoms with van der Waals surface area (Å²) in [6, 6.07) is 12.6. The highest BCUT2D eigenvalue weighted by Crippen LogP contribution is 2.23. The molecule has 0 aliphatic carbocycles. The molecule has 2 N–H and O–H groups in total. The van der Waals surface area contributed by atoms with E-state index in [2.05, 4.69) is 5.32 Å². The van der Waals surface area contributed by atoms with Crippen LogP contribution < -0.4 is 14.8 Å². The van der Waals surface area contributed by atoms with E-state index in [4.69, 9.17) is 14.6 Å². The van der Waals surface area contributed by atoms with E-state index < -0.39 is 0 Å². The Labute approximate surface area is 135 Å². The summed E-state index contributed by atoms with van der Waals surface area (Å²) >= 11 is 0. The Hall–Kier alpha value is -2.11. The van der Waals surface area contributed by atoms with E-state index >= 15 is 0 Å². The van der Waals surface area contributed by atoms with Crippen LogP contribution in [0, 0.1) is 5.82 Å². The monoisotopic (exact) mass is 319 g/mol. The second-order valence-electron chi connectivity index (χ2n) is 5.18. The highest BCUT2D eigenvalue weighted by molar-refractivity contribution is 5.34. The first-order valence-corrected chi connectivity index (χ1v) is 7.54. The molecule has 0 saturated carbocycles. The Balaban J connectivity index is 2.01. The molecular weight excluding hydrogens is 297 g/mol. The number of rotatable bonds is 8. The molecule has 1 atom stereocenters. The first kappa shape index (κ1) is 17.2. The van der Waals surface area contributed by atoms with Crippen molar-refractivity contribution >= 4 is 0 Å². The van der Waals surface area contributed by atoms with Gasteiger partial charge in [-0.15, -0.1) is 0 Å². The summed E-state index contributed by atoms with van der Waals surface area (Å²) in [5.74, 6) is 0.608. The van der Waals surface area contributed by atoms with Crippen LogP contribution in [0.3, 0.4) is 0 Å². The van der Waals surface area contributed by atoms with Gasteiger partial charge >= 0.3 is 0 Å². The third-order valence-electron chi connectivity index (χ3n) is 3.60. The fourth-order valence-corrected chi connectivity index (χ4v) is 2.28. The minimum atomic E-state index is -0.370. The molecule has 0 spiro atoms. The van der Waals surface area contributed by atoms with E-state index in [1.165, 1.54) is 13.2 Å². The zero-order chi connectivity index (χ0) is 16.7. The van der Waals surface area contributed by atoms with Crippen molar-refractivity contribution in [2.24, 2.45) is 0 Å². The Morgan fingerprint density at radius 2 is 1.96 bits per heavy atom. The maximum absolute atomic E-state index is 13.8. The normalized spacial score (nSPS) is 12.0. The van der Waals surface area contributed by atoms with Crippen LogP contribution in [-0.4, -0.2) is 25.4 Å². The van der Waals surface area contributed by atoms with E-state index in [9.17, 15) is 4.39 Å². The SMILES string of the molecule is COc1ccc(C(C)NCc2ccccc2OCCO)cc1F. The molecule has 0 heterocycles. The molecule has 0 amide bonds. The van der Waals surface area contributed by atoms with Crippen molar-refractivity contribution in [1.29, 1.82) is 0 Å². The first-order chi connectivity index (χ1) is 11.2. The number of methoxy groups -OCH3 is 1. The van der Waals surface area contributed by atoms with Crippen molar-refractivity contribution in [3.63, 3.8) is 0 Å². The summed E-state index contributed by atoms with van der Waals surface area (Å²) in [5.41, 5.74) is 1.83. The lowest BCUT2D eigenvalue weighted by atomic mass is 10.1. The zero-order valence-corrected chi connectivity index (χ0v) is 13.4. The molecule has 5 heteroatoms. The van der Waals surface area contributed by atoms with Gasteiger partial charge in [0.1, 0.15) is 12.4 Å². The number of para-hydroxylation sites is 1. The van der Waals surface area contributed by atoms with Crippen LogP contribution in [0.1, 0.15) is 24.1 Å². The molecule has 2 rings (SSSR count). The largest absolute Gasteiger partial charge is 0.494 e. The highest BCUT2D eigenvalue weighted by Gasteiger charge is 2.10. The molecule has 4 nitrogen and oxygen atoms in total. The van der Waals surface area contributed by atoms with E-state index in [1.807, 2.05) is 37.3 Å². The average molecular weight is 319 g/mol. The van der Waals surface area contributed by atoms with Crippen molar-refractivity contribution in [1.82, 2.24) is 5.32 Å². The van der Waals surface area contributed by atoms with E-state index in [0.717, 1.165) is 16.9 Å². The van der Waals surface area contributed by atoms with Gasteiger partial charge in [0.2, 0.25) is 0 Å². The highest BCUT2D eigenvalue weighted by atomic mass is 19.1. The fraction of sp³-hybridized carbons (Fsp3) is 0.333. The first-order valence-electron chi connectivity index (χ1n) is 7.54. The van der Waals surface area contributed by atoms with Gasteiger partial charge in [0.05, 0.1) is 13.7 Å². The maximum atomic E-state index is 13.8. The third-order valence-corrected chi connectivity index (χ3v) is 3.60. The number of ether oxygens (including phenoxy) is 2. The molecular formula is C18H22FNO3. The summed E-state index contributed by atoms with van der Waals surface area (Å²) in [6.45, 7) is 2.79. The smallest absolute Gasteiger partial charge is 0.165 e. The molecule has 0 aliphatic rings. The lowest BCUT2D eigenvalue weighted by Gasteiger charge is -2.17. The predicted octanol–water partition coefficient (Wildman–Crippen LogP) is 3.06. The standard InChI is InChI=1S/C18H22FNO3/c1-13(14-7-8-18(22-2)16(19)11-14)20-12-15-5-3-4-6-17(15)23-10-9-21/h3-8,11,13,20-21H,9-10,12H2,1-2H3. The number of aliphatic hydroxyl groups excluding tert-OH is 1. The Kier molecular flexibility index (Phi) is 6.38. The minimum absolute atomic E-state index is 0.0245. The van der Waals surface area contributed by atoms with Crippen molar-refractivity contribution < 1.29 is 19.0 Å². The van der Waals surface area contributed by atoms with Crippen molar-refractivity contribution in [2.75, 3.05) is 20.3 Å². The van der Waals surface area contributed by atoms with Gasteiger partial charge in [0.15, 0.2) is 11.6 Å². The number of aliphatic hydroxyl groups is 1. The summed E-state index contributed by atoms with van der Waals surface area (Å²) in [4.78, 5) is 0. The summed E-state index contributed by atoms with van der Waals surface area (Å²) < 4.78 is 24.2. The van der Waals surface area contributed by atoms with E-state index in [1.54, 1.807) is 6.07 Å². The molecule has 0 fully saturated rings. The number of halogens is 1. The fourth-order valence-electron chi connectivity index (χ4n) is 2.28. The van der Waals surface area contributed by atoms with Gasteiger partial charge in [-0.2, -0.15) is 0 Å². The van der Waals surface area contributed by atoms with Crippen LogP contribution in [0.25, 0.3) is 0 Å². The van der Waals surface area contributed by atoms with Crippen LogP contribution >= 0.6 is 0 Å². The summed E-state index contributed by atoms with van der Waals surface area (Å²) in [6.07, 6.45) is 0. The van der Waals surface area contributed by atoms with Crippen LogP contribution in [0.5, 0.6) is 11.5 Å². The Morgan fingerprint density at radius 1 is 1.17 bits per heavy atom. The van der Waals surface area contributed by atoms with Gasteiger partial charge in [-0.1, -0.05) is 24.3 Å². The molecule has 0 bridgehead atoms. The van der Waals surface area contributed by atoms with Crippen molar-refractivity contribution in [3.8, 4) is 11.5 Å². The van der Waals surface area contributed by atoms with Crippen LogP contribution in [0.15, 0.2) is 42.5 Å². The quantitative estimate of drug-likeness (QED) is 0.785. The topological polar surface area (TPSA) is 50.7 Å². The van der Waals surface area contributed by atoms with Gasteiger partial charge in [-0.3, -0.25) is 0 Å². The van der Waals surface area contributed by atoms with Crippen LogP contribution in [0.4, 0.5) is 4.39 Å². The maximum Gasteiger partial charge on any atom is 0.165 e. The van der Waals surface area contributed by atoms with Gasteiger partial charge in [-0.05, 0) is 30.7 Å². The average Bonchev–Trinajstić information content (AvgIpc) is 2.58. The van der Waals surface area contributed by atoms with Gasteiger partial charge < -0.3 is 19.9 Å². The van der Waals surface area contributed by atoms with E-state index in [0.29, 0.717) is 6.54 Å². The second-order valence-corrected chi connectivity index (χ2v) is 5.18. The van der Waals surface area contributed by atoms with Crippen molar-refractivity contribution in [3.05, 3.63) is 59.4 Å². The zero-order valence-electron chi connectivity index (χ0n) is 13.4.